The second kappa shape index (κ2) is 7.89. The third-order valence-electron chi connectivity index (χ3n) is 3.85. The van der Waals surface area contributed by atoms with Crippen molar-refractivity contribution >= 4 is 46.0 Å². The molecule has 140 valence electrons. The van der Waals surface area contributed by atoms with Gasteiger partial charge in [-0.25, -0.2) is 14.8 Å². The second-order valence-electron chi connectivity index (χ2n) is 5.82. The number of pyridine rings is 1. The number of nitrogens with one attached hydrogen (secondary N) is 4. The van der Waals surface area contributed by atoms with Crippen LogP contribution in [0.25, 0.3) is 11.0 Å². The van der Waals surface area contributed by atoms with Gasteiger partial charge in [0.2, 0.25) is 0 Å². The summed E-state index contributed by atoms with van der Waals surface area (Å²) in [6, 6.07) is 10.5. The quantitative estimate of drug-likeness (QED) is 0.411. The Morgan fingerprint density at radius 3 is 2.93 bits per heavy atom. The number of benzene rings is 1. The number of H-pyrrole nitrogens is 1. The molecule has 0 saturated carbocycles. The molecule has 3 heterocycles. The zero-order valence-electron chi connectivity index (χ0n) is 14.5. The lowest BCUT2D eigenvalue weighted by Crippen LogP contribution is -2.28. The molecule has 4 rings (SSSR count). The molecule has 0 aliphatic heterocycles. The molecule has 0 spiro atoms. The first-order valence-electron chi connectivity index (χ1n) is 8.34. The molecule has 0 aliphatic carbocycles. The molecular weight excluding hydrogens is 380 g/mol. The molecule has 0 bridgehead atoms. The van der Waals surface area contributed by atoms with Crippen LogP contribution in [0.5, 0.6) is 0 Å². The molecule has 0 saturated heterocycles. The van der Waals surface area contributed by atoms with Crippen molar-refractivity contribution in [2.75, 3.05) is 10.6 Å². The number of aromatic nitrogens is 5. The number of carbonyl (C=O) groups is 1. The number of urea groups is 1. The SMILES string of the molecule is O=C(NCc1cccnc1)Nc1[nH]nc2ncnc(Nc3cccc(Cl)c3)c12. The fourth-order valence-corrected chi connectivity index (χ4v) is 2.78. The summed E-state index contributed by atoms with van der Waals surface area (Å²) < 4.78 is 0. The fraction of sp³-hybridized carbons (Fsp3) is 0.0556. The zero-order chi connectivity index (χ0) is 19.3. The van der Waals surface area contributed by atoms with E-state index in [0.717, 1.165) is 11.3 Å². The maximum atomic E-state index is 12.3. The average Bonchev–Trinajstić information content (AvgIpc) is 3.11. The Bertz CT molecular complexity index is 1110. The lowest BCUT2D eigenvalue weighted by atomic mass is 10.3. The third kappa shape index (κ3) is 3.99. The first-order chi connectivity index (χ1) is 13.7. The number of amides is 2. The Labute approximate surface area is 164 Å². The van der Waals surface area contributed by atoms with Crippen LogP contribution >= 0.6 is 11.6 Å². The predicted molar refractivity (Wildman–Crippen MR) is 107 cm³/mol. The van der Waals surface area contributed by atoms with Gasteiger partial charge in [-0.1, -0.05) is 23.7 Å². The maximum absolute atomic E-state index is 12.3. The van der Waals surface area contributed by atoms with Gasteiger partial charge in [-0.2, -0.15) is 5.10 Å². The third-order valence-corrected chi connectivity index (χ3v) is 4.09. The molecule has 0 unspecified atom stereocenters. The van der Waals surface area contributed by atoms with Gasteiger partial charge in [0.1, 0.15) is 23.3 Å². The van der Waals surface area contributed by atoms with Gasteiger partial charge >= 0.3 is 6.03 Å². The number of rotatable bonds is 5. The van der Waals surface area contributed by atoms with Crippen molar-refractivity contribution in [3.8, 4) is 0 Å². The molecule has 28 heavy (non-hydrogen) atoms. The van der Waals surface area contributed by atoms with Crippen LogP contribution in [0.3, 0.4) is 0 Å². The molecule has 4 N–H and O–H groups in total. The first kappa shape index (κ1) is 17.7. The monoisotopic (exact) mass is 394 g/mol. The first-order valence-corrected chi connectivity index (χ1v) is 8.72. The van der Waals surface area contributed by atoms with E-state index in [2.05, 4.69) is 41.1 Å². The van der Waals surface area contributed by atoms with Crippen LogP contribution in [0.4, 0.5) is 22.1 Å². The summed E-state index contributed by atoms with van der Waals surface area (Å²) in [5, 5.41) is 16.7. The highest BCUT2D eigenvalue weighted by atomic mass is 35.5. The Morgan fingerprint density at radius 2 is 2.11 bits per heavy atom. The van der Waals surface area contributed by atoms with E-state index >= 15 is 0 Å². The fourth-order valence-electron chi connectivity index (χ4n) is 2.59. The smallest absolute Gasteiger partial charge is 0.320 e. The lowest BCUT2D eigenvalue weighted by Gasteiger charge is -2.09. The minimum absolute atomic E-state index is 0.343. The summed E-state index contributed by atoms with van der Waals surface area (Å²) in [7, 11) is 0. The minimum Gasteiger partial charge on any atom is -0.339 e. The maximum Gasteiger partial charge on any atom is 0.320 e. The number of carbonyl (C=O) groups excluding carboxylic acids is 1. The zero-order valence-corrected chi connectivity index (χ0v) is 15.2. The Kier molecular flexibility index (Phi) is 4.98. The van der Waals surface area contributed by atoms with Crippen LogP contribution < -0.4 is 16.0 Å². The molecule has 10 heteroatoms. The van der Waals surface area contributed by atoms with Crippen LogP contribution in [0, 0.1) is 0 Å². The average molecular weight is 395 g/mol. The molecule has 2 amide bonds. The summed E-state index contributed by atoms with van der Waals surface area (Å²) in [6.07, 6.45) is 4.75. The van der Waals surface area contributed by atoms with E-state index in [1.165, 1.54) is 6.33 Å². The second-order valence-corrected chi connectivity index (χ2v) is 6.26. The molecule has 0 atom stereocenters. The molecule has 0 fully saturated rings. The number of halogens is 1. The molecule has 1 aromatic carbocycles. The van der Waals surface area contributed by atoms with Gasteiger partial charge in [0.25, 0.3) is 0 Å². The van der Waals surface area contributed by atoms with Crippen molar-refractivity contribution in [1.29, 1.82) is 0 Å². The van der Waals surface area contributed by atoms with Crippen molar-refractivity contribution in [2.45, 2.75) is 6.54 Å². The molecule has 0 radical (unpaired) electrons. The van der Waals surface area contributed by atoms with E-state index in [4.69, 9.17) is 11.6 Å². The summed E-state index contributed by atoms with van der Waals surface area (Å²) in [4.78, 5) is 24.7. The Morgan fingerprint density at radius 1 is 1.18 bits per heavy atom. The van der Waals surface area contributed by atoms with E-state index in [1.807, 2.05) is 24.3 Å². The topological polar surface area (TPSA) is 121 Å². The minimum atomic E-state index is -0.396. The summed E-state index contributed by atoms with van der Waals surface area (Å²) in [6.45, 7) is 0.343. The van der Waals surface area contributed by atoms with E-state index in [-0.39, 0.29) is 0 Å². The van der Waals surface area contributed by atoms with Crippen molar-refractivity contribution < 1.29 is 4.79 Å². The van der Waals surface area contributed by atoms with Crippen LogP contribution in [-0.4, -0.2) is 31.2 Å². The van der Waals surface area contributed by atoms with Crippen molar-refractivity contribution in [2.24, 2.45) is 0 Å². The van der Waals surface area contributed by atoms with Gasteiger partial charge in [-0.05, 0) is 29.8 Å². The Balaban J connectivity index is 1.53. The van der Waals surface area contributed by atoms with Crippen molar-refractivity contribution in [3.63, 3.8) is 0 Å². The number of hydrogen-bond acceptors (Lipinski definition) is 6. The van der Waals surface area contributed by atoms with Gasteiger partial charge in [0, 0.05) is 29.6 Å². The number of aromatic amines is 1. The highest BCUT2D eigenvalue weighted by molar-refractivity contribution is 6.30. The van der Waals surface area contributed by atoms with Crippen LogP contribution in [0.15, 0.2) is 55.1 Å². The van der Waals surface area contributed by atoms with Crippen LogP contribution in [0.2, 0.25) is 5.02 Å². The van der Waals surface area contributed by atoms with Gasteiger partial charge in [0.15, 0.2) is 5.65 Å². The van der Waals surface area contributed by atoms with E-state index in [1.54, 1.807) is 24.5 Å². The van der Waals surface area contributed by atoms with Crippen molar-refractivity contribution in [1.82, 2.24) is 30.5 Å². The molecule has 4 aromatic rings. The van der Waals surface area contributed by atoms with E-state index in [0.29, 0.717) is 34.2 Å². The van der Waals surface area contributed by atoms with Gasteiger partial charge in [-0.15, -0.1) is 0 Å². The Hall–Kier alpha value is -3.72. The largest absolute Gasteiger partial charge is 0.339 e. The van der Waals surface area contributed by atoms with Gasteiger partial charge in [-0.3, -0.25) is 15.4 Å². The highest BCUT2D eigenvalue weighted by Crippen LogP contribution is 2.28. The van der Waals surface area contributed by atoms with Crippen LogP contribution in [0.1, 0.15) is 5.56 Å². The number of nitrogens with zero attached hydrogens (tertiary/aromatic N) is 4. The summed E-state index contributed by atoms with van der Waals surface area (Å²) >= 11 is 6.03. The van der Waals surface area contributed by atoms with Gasteiger partial charge in [0.05, 0.1) is 0 Å². The number of anilines is 3. The summed E-state index contributed by atoms with van der Waals surface area (Å²) in [5.41, 5.74) is 2.06. The van der Waals surface area contributed by atoms with E-state index in [9.17, 15) is 4.79 Å². The number of fused-ring (bicyclic) bond motifs is 1. The van der Waals surface area contributed by atoms with Crippen LogP contribution in [-0.2, 0) is 6.54 Å². The van der Waals surface area contributed by atoms with E-state index < -0.39 is 6.03 Å². The van der Waals surface area contributed by atoms with Gasteiger partial charge < -0.3 is 10.6 Å². The highest BCUT2D eigenvalue weighted by Gasteiger charge is 2.15. The standard InChI is InChI=1S/C18H15ClN8O/c19-12-4-1-5-13(7-12)24-15-14-16(23-10-22-15)26-27-17(14)25-18(28)21-9-11-3-2-6-20-8-11/h1-8,10H,9H2,(H4,21,22,23,24,25,26,27,28). The lowest BCUT2D eigenvalue weighted by molar-refractivity contribution is 0.251. The molecule has 3 aromatic heterocycles. The molecule has 9 nitrogen and oxygen atoms in total. The molecular formula is C18H15ClN8O. The summed E-state index contributed by atoms with van der Waals surface area (Å²) in [5.74, 6) is 0.868. The number of hydrogen-bond donors (Lipinski definition) is 4. The molecule has 0 aliphatic rings. The predicted octanol–water partition coefficient (Wildman–Crippen LogP) is 3.47. The normalized spacial score (nSPS) is 10.6. The van der Waals surface area contributed by atoms with Crippen molar-refractivity contribution in [3.05, 3.63) is 65.7 Å².